The van der Waals surface area contributed by atoms with Crippen molar-refractivity contribution in [1.82, 2.24) is 20.4 Å². The Bertz CT molecular complexity index is 634. The number of hydrogen-bond donors (Lipinski definition) is 2. The molecule has 2 aliphatic rings. The lowest BCUT2D eigenvalue weighted by atomic mass is 10.2. The summed E-state index contributed by atoms with van der Waals surface area (Å²) < 4.78 is 10.5. The number of carbonyl (C=O) groups is 2. The maximum absolute atomic E-state index is 12.5. The first-order valence-electron chi connectivity index (χ1n) is 9.42. The zero-order chi connectivity index (χ0) is 19.1. The third kappa shape index (κ3) is 7.31. The van der Waals surface area contributed by atoms with Crippen LogP contribution < -0.4 is 15.4 Å². The Morgan fingerprint density at radius 3 is 2.45 bits per heavy atom. The second-order valence-corrected chi connectivity index (χ2v) is 6.73. The van der Waals surface area contributed by atoms with E-state index in [4.69, 9.17) is 9.47 Å². The Kier molecular flexibility index (Phi) is 11.3. The van der Waals surface area contributed by atoms with Gasteiger partial charge in [0.1, 0.15) is 11.8 Å². The van der Waals surface area contributed by atoms with E-state index in [0.717, 1.165) is 31.9 Å². The second kappa shape index (κ2) is 12.9. The lowest BCUT2D eigenvalue weighted by Crippen LogP contribution is -2.57. The summed E-state index contributed by atoms with van der Waals surface area (Å²) in [5, 5.41) is 6.15. The average molecular weight is 449 g/mol. The van der Waals surface area contributed by atoms with Gasteiger partial charge in [-0.05, 0) is 24.3 Å². The van der Waals surface area contributed by atoms with E-state index in [1.165, 1.54) is 0 Å². The minimum absolute atomic E-state index is 0. The molecule has 2 saturated heterocycles. The summed E-state index contributed by atoms with van der Waals surface area (Å²) in [5.41, 5.74) is 0.619. The zero-order valence-electron chi connectivity index (χ0n) is 16.6. The van der Waals surface area contributed by atoms with Crippen LogP contribution in [0.15, 0.2) is 24.3 Å². The molecule has 2 aliphatic heterocycles. The molecule has 8 nitrogen and oxygen atoms in total. The van der Waals surface area contributed by atoms with Crippen molar-refractivity contribution in [3.8, 4) is 5.75 Å². The van der Waals surface area contributed by atoms with Crippen LogP contribution in [0.25, 0.3) is 0 Å². The molecule has 0 saturated carbocycles. The molecule has 2 amide bonds. The number of benzene rings is 1. The Morgan fingerprint density at radius 1 is 1.17 bits per heavy atom. The van der Waals surface area contributed by atoms with Gasteiger partial charge in [-0.15, -0.1) is 24.8 Å². The van der Waals surface area contributed by atoms with Crippen LogP contribution in [0.5, 0.6) is 5.75 Å². The van der Waals surface area contributed by atoms with Crippen LogP contribution >= 0.6 is 24.8 Å². The number of amides is 2. The van der Waals surface area contributed by atoms with Crippen LogP contribution in [-0.2, 0) is 9.53 Å². The molecule has 2 N–H and O–H groups in total. The van der Waals surface area contributed by atoms with E-state index in [-0.39, 0.29) is 42.7 Å². The van der Waals surface area contributed by atoms with Gasteiger partial charge in [0, 0.05) is 51.4 Å². The number of rotatable bonds is 6. The molecule has 2 heterocycles. The minimum atomic E-state index is -0.214. The normalized spacial score (nSPS) is 19.5. The third-order valence-corrected chi connectivity index (χ3v) is 4.97. The fraction of sp³-hybridized carbons (Fsp3) is 0.579. The molecular formula is C19H30Cl2N4O4. The molecule has 10 heteroatoms. The van der Waals surface area contributed by atoms with Gasteiger partial charge < -0.3 is 25.0 Å². The number of ether oxygens (including phenoxy) is 2. The van der Waals surface area contributed by atoms with Gasteiger partial charge in [-0.1, -0.05) is 0 Å². The molecule has 0 aliphatic carbocycles. The summed E-state index contributed by atoms with van der Waals surface area (Å²) in [6.45, 7) is 6.26. The molecular weight excluding hydrogens is 419 g/mol. The highest BCUT2D eigenvalue weighted by atomic mass is 35.5. The average Bonchev–Trinajstić information content (AvgIpc) is 2.74. The SMILES string of the molecule is COc1ccc(C(=O)NCCN2CCN(C(=O)C3COCCN3)CC2)cc1.Cl.Cl. The Balaban J connectivity index is 0.00000210. The summed E-state index contributed by atoms with van der Waals surface area (Å²) in [5.74, 6) is 0.769. The van der Waals surface area contributed by atoms with Gasteiger partial charge in [0.15, 0.2) is 0 Å². The van der Waals surface area contributed by atoms with Crippen molar-refractivity contribution in [3.63, 3.8) is 0 Å². The summed E-state index contributed by atoms with van der Waals surface area (Å²) in [4.78, 5) is 28.8. The highest BCUT2D eigenvalue weighted by molar-refractivity contribution is 5.94. The summed E-state index contributed by atoms with van der Waals surface area (Å²) in [6, 6.07) is 6.84. The van der Waals surface area contributed by atoms with Gasteiger partial charge in [0.2, 0.25) is 5.91 Å². The topological polar surface area (TPSA) is 83.1 Å². The number of halogens is 2. The van der Waals surface area contributed by atoms with E-state index in [0.29, 0.717) is 38.4 Å². The molecule has 0 radical (unpaired) electrons. The van der Waals surface area contributed by atoms with E-state index in [1.807, 2.05) is 4.90 Å². The van der Waals surface area contributed by atoms with Crippen molar-refractivity contribution in [2.75, 3.05) is 66.1 Å². The van der Waals surface area contributed by atoms with Gasteiger partial charge in [-0.2, -0.15) is 0 Å². The fourth-order valence-corrected chi connectivity index (χ4v) is 3.31. The fourth-order valence-electron chi connectivity index (χ4n) is 3.31. The summed E-state index contributed by atoms with van der Waals surface area (Å²) in [6.07, 6.45) is 0. The van der Waals surface area contributed by atoms with Gasteiger partial charge in [-0.3, -0.25) is 14.5 Å². The highest BCUT2D eigenvalue weighted by Crippen LogP contribution is 2.11. The number of morpholine rings is 1. The van der Waals surface area contributed by atoms with Crippen LogP contribution in [0.2, 0.25) is 0 Å². The molecule has 0 bridgehead atoms. The third-order valence-electron chi connectivity index (χ3n) is 4.97. The molecule has 164 valence electrons. The van der Waals surface area contributed by atoms with E-state index >= 15 is 0 Å². The van der Waals surface area contributed by atoms with Crippen LogP contribution in [0.1, 0.15) is 10.4 Å². The van der Waals surface area contributed by atoms with Crippen LogP contribution in [0.3, 0.4) is 0 Å². The van der Waals surface area contributed by atoms with Crippen molar-refractivity contribution in [2.45, 2.75) is 6.04 Å². The first-order valence-corrected chi connectivity index (χ1v) is 9.42. The molecule has 1 aromatic rings. The van der Waals surface area contributed by atoms with Crippen LogP contribution in [-0.4, -0.2) is 93.8 Å². The van der Waals surface area contributed by atoms with Crippen molar-refractivity contribution >= 4 is 36.6 Å². The first kappa shape index (κ1) is 25.5. The van der Waals surface area contributed by atoms with Crippen molar-refractivity contribution in [2.24, 2.45) is 0 Å². The number of nitrogens with zero attached hydrogens (tertiary/aromatic N) is 2. The predicted octanol–water partition coefficient (Wildman–Crippen LogP) is 0.401. The van der Waals surface area contributed by atoms with Gasteiger partial charge >= 0.3 is 0 Å². The molecule has 0 spiro atoms. The van der Waals surface area contributed by atoms with E-state index in [9.17, 15) is 9.59 Å². The maximum atomic E-state index is 12.5. The Hall–Kier alpha value is -1.58. The first-order chi connectivity index (χ1) is 13.2. The number of carbonyl (C=O) groups excluding carboxylic acids is 2. The van der Waals surface area contributed by atoms with E-state index in [2.05, 4.69) is 15.5 Å². The minimum Gasteiger partial charge on any atom is -0.497 e. The molecule has 1 unspecified atom stereocenters. The van der Waals surface area contributed by atoms with Crippen molar-refractivity contribution in [1.29, 1.82) is 0 Å². The summed E-state index contributed by atoms with van der Waals surface area (Å²) in [7, 11) is 1.60. The smallest absolute Gasteiger partial charge is 0.251 e. The second-order valence-electron chi connectivity index (χ2n) is 6.73. The Labute approximate surface area is 184 Å². The monoisotopic (exact) mass is 448 g/mol. The molecule has 0 aromatic heterocycles. The molecule has 1 aromatic carbocycles. The Morgan fingerprint density at radius 2 is 1.86 bits per heavy atom. The number of nitrogens with one attached hydrogen (secondary N) is 2. The van der Waals surface area contributed by atoms with Crippen molar-refractivity contribution in [3.05, 3.63) is 29.8 Å². The molecule has 3 rings (SSSR count). The highest BCUT2D eigenvalue weighted by Gasteiger charge is 2.28. The lowest BCUT2D eigenvalue weighted by Gasteiger charge is -2.37. The predicted molar refractivity (Wildman–Crippen MR) is 115 cm³/mol. The maximum Gasteiger partial charge on any atom is 0.251 e. The lowest BCUT2D eigenvalue weighted by molar-refractivity contribution is -0.138. The molecule has 2 fully saturated rings. The largest absolute Gasteiger partial charge is 0.497 e. The quantitative estimate of drug-likeness (QED) is 0.655. The van der Waals surface area contributed by atoms with Gasteiger partial charge in [0.05, 0.1) is 20.3 Å². The standard InChI is InChI=1S/C19H28N4O4.2ClH/c1-26-16-4-2-15(3-5-16)18(24)21-6-8-22-9-11-23(12-10-22)19(25)17-14-27-13-7-20-17;;/h2-5,17,20H,6-14H2,1H3,(H,21,24);2*1H. The van der Waals surface area contributed by atoms with Gasteiger partial charge in [-0.25, -0.2) is 0 Å². The molecule has 1 atom stereocenters. The number of methoxy groups -OCH3 is 1. The number of hydrogen-bond acceptors (Lipinski definition) is 6. The van der Waals surface area contributed by atoms with E-state index in [1.54, 1.807) is 31.4 Å². The van der Waals surface area contributed by atoms with Crippen molar-refractivity contribution < 1.29 is 19.1 Å². The number of piperazine rings is 1. The van der Waals surface area contributed by atoms with E-state index < -0.39 is 0 Å². The van der Waals surface area contributed by atoms with Crippen LogP contribution in [0, 0.1) is 0 Å². The zero-order valence-corrected chi connectivity index (χ0v) is 18.2. The van der Waals surface area contributed by atoms with Crippen LogP contribution in [0.4, 0.5) is 0 Å². The molecule has 29 heavy (non-hydrogen) atoms. The van der Waals surface area contributed by atoms with Gasteiger partial charge in [0.25, 0.3) is 5.91 Å². The summed E-state index contributed by atoms with van der Waals surface area (Å²) >= 11 is 0.